The van der Waals surface area contributed by atoms with Crippen LogP contribution < -0.4 is 10.1 Å². The van der Waals surface area contributed by atoms with E-state index in [1.54, 1.807) is 0 Å². The van der Waals surface area contributed by atoms with Crippen LogP contribution in [0.5, 0.6) is 11.5 Å². The first-order valence-electron chi connectivity index (χ1n) is 6.81. The van der Waals surface area contributed by atoms with E-state index in [4.69, 9.17) is 4.74 Å². The molecule has 1 N–H and O–H groups in total. The second kappa shape index (κ2) is 7.26. The molecule has 0 amide bonds. The first-order chi connectivity index (χ1) is 10.1. The Hall–Kier alpha value is -1.83. The smallest absolute Gasteiger partial charge is 0.145 e. The molecule has 2 aromatic carbocycles. The zero-order valence-electron chi connectivity index (χ0n) is 12.1. The number of ether oxygens (including phenoxy) is 1. The van der Waals surface area contributed by atoms with Gasteiger partial charge in [0.2, 0.25) is 0 Å². The van der Waals surface area contributed by atoms with Gasteiger partial charge in [0.1, 0.15) is 17.6 Å². The molecule has 0 saturated heterocycles. The van der Waals surface area contributed by atoms with E-state index in [-0.39, 0.29) is 0 Å². The van der Waals surface area contributed by atoms with Gasteiger partial charge in [-0.05, 0) is 54.9 Å². The van der Waals surface area contributed by atoms with Gasteiger partial charge in [0.25, 0.3) is 0 Å². The van der Waals surface area contributed by atoms with E-state index in [1.807, 2.05) is 43.3 Å². The number of nitrogens with zero attached hydrogens (tertiary/aromatic N) is 1. The fraction of sp³-hybridized carbons (Fsp3) is 0.235. The highest BCUT2D eigenvalue weighted by Gasteiger charge is 2.08. The average Bonchev–Trinajstić information content (AvgIpc) is 2.48. The first kappa shape index (κ1) is 15.6. The van der Waals surface area contributed by atoms with E-state index < -0.39 is 0 Å². The number of aryl methyl sites for hydroxylation is 1. The minimum Gasteiger partial charge on any atom is -0.456 e. The summed E-state index contributed by atoms with van der Waals surface area (Å²) < 4.78 is 6.89. The predicted octanol–water partition coefficient (Wildman–Crippen LogP) is 4.53. The van der Waals surface area contributed by atoms with Crippen LogP contribution in [0.1, 0.15) is 23.6 Å². The summed E-state index contributed by atoms with van der Waals surface area (Å²) in [5.41, 5.74) is 2.64. The maximum absolute atomic E-state index is 9.30. The SMILES string of the molecule is CCNCc1ccc(Oc2ccc(Br)cc2C)c(C#N)c1. The van der Waals surface area contributed by atoms with Crippen LogP contribution in [0.4, 0.5) is 0 Å². The van der Waals surface area contributed by atoms with Gasteiger partial charge in [-0.3, -0.25) is 0 Å². The Balaban J connectivity index is 2.25. The van der Waals surface area contributed by atoms with Crippen LogP contribution in [0, 0.1) is 18.3 Å². The second-order valence-electron chi connectivity index (χ2n) is 4.73. The summed E-state index contributed by atoms with van der Waals surface area (Å²) in [7, 11) is 0. The van der Waals surface area contributed by atoms with Gasteiger partial charge in [-0.1, -0.05) is 28.9 Å². The molecule has 0 aromatic heterocycles. The molecule has 0 spiro atoms. The number of hydrogen-bond donors (Lipinski definition) is 1. The largest absolute Gasteiger partial charge is 0.456 e. The molecule has 2 rings (SSSR count). The zero-order chi connectivity index (χ0) is 15.2. The summed E-state index contributed by atoms with van der Waals surface area (Å²) in [4.78, 5) is 0. The summed E-state index contributed by atoms with van der Waals surface area (Å²) in [5, 5.41) is 12.5. The number of halogens is 1. The Bertz CT molecular complexity index is 677. The highest BCUT2D eigenvalue weighted by Crippen LogP contribution is 2.30. The van der Waals surface area contributed by atoms with Crippen LogP contribution in [0.2, 0.25) is 0 Å². The Labute approximate surface area is 133 Å². The number of nitrogens with one attached hydrogen (secondary N) is 1. The zero-order valence-corrected chi connectivity index (χ0v) is 13.7. The minimum atomic E-state index is 0.549. The van der Waals surface area contributed by atoms with Gasteiger partial charge in [-0.2, -0.15) is 5.26 Å². The summed E-state index contributed by atoms with van der Waals surface area (Å²) in [6.45, 7) is 5.69. The van der Waals surface area contributed by atoms with Gasteiger partial charge in [-0.15, -0.1) is 0 Å². The predicted molar refractivity (Wildman–Crippen MR) is 87.5 cm³/mol. The molecule has 21 heavy (non-hydrogen) atoms. The molecule has 4 heteroatoms. The maximum Gasteiger partial charge on any atom is 0.145 e. The lowest BCUT2D eigenvalue weighted by atomic mass is 10.1. The van der Waals surface area contributed by atoms with Gasteiger partial charge in [-0.25, -0.2) is 0 Å². The quantitative estimate of drug-likeness (QED) is 0.866. The number of nitriles is 1. The van der Waals surface area contributed by atoms with Crippen molar-refractivity contribution >= 4 is 15.9 Å². The third-order valence-corrected chi connectivity index (χ3v) is 3.59. The van der Waals surface area contributed by atoms with Crippen molar-refractivity contribution in [2.24, 2.45) is 0 Å². The molecule has 0 heterocycles. The van der Waals surface area contributed by atoms with E-state index in [1.165, 1.54) is 0 Å². The fourth-order valence-corrected chi connectivity index (χ4v) is 2.45. The molecular formula is C17H17BrN2O. The van der Waals surface area contributed by atoms with Gasteiger partial charge >= 0.3 is 0 Å². The summed E-state index contributed by atoms with van der Waals surface area (Å²) >= 11 is 3.43. The average molecular weight is 345 g/mol. The van der Waals surface area contributed by atoms with Crippen LogP contribution in [0.3, 0.4) is 0 Å². The molecule has 0 saturated carbocycles. The molecule has 0 radical (unpaired) electrons. The summed E-state index contributed by atoms with van der Waals surface area (Å²) in [6, 6.07) is 13.7. The number of rotatable bonds is 5. The molecule has 0 aliphatic heterocycles. The highest BCUT2D eigenvalue weighted by molar-refractivity contribution is 9.10. The fourth-order valence-electron chi connectivity index (χ4n) is 1.98. The third-order valence-electron chi connectivity index (χ3n) is 3.10. The Kier molecular flexibility index (Phi) is 5.38. The van der Waals surface area contributed by atoms with Gasteiger partial charge in [0.15, 0.2) is 0 Å². The van der Waals surface area contributed by atoms with Crippen molar-refractivity contribution in [1.29, 1.82) is 5.26 Å². The monoisotopic (exact) mass is 344 g/mol. The molecule has 0 aliphatic carbocycles. The minimum absolute atomic E-state index is 0.549. The van der Waals surface area contributed by atoms with Crippen molar-refractivity contribution in [3.63, 3.8) is 0 Å². The van der Waals surface area contributed by atoms with E-state index in [2.05, 4.69) is 34.2 Å². The van der Waals surface area contributed by atoms with Crippen LogP contribution in [0.15, 0.2) is 40.9 Å². The van der Waals surface area contributed by atoms with Gasteiger partial charge in [0.05, 0.1) is 5.56 Å². The topological polar surface area (TPSA) is 45.0 Å². The molecule has 3 nitrogen and oxygen atoms in total. The van der Waals surface area contributed by atoms with Crippen molar-refractivity contribution < 1.29 is 4.74 Å². The first-order valence-corrected chi connectivity index (χ1v) is 7.61. The van der Waals surface area contributed by atoms with Crippen LogP contribution >= 0.6 is 15.9 Å². The molecule has 0 aliphatic rings. The maximum atomic E-state index is 9.30. The molecule has 0 unspecified atom stereocenters. The van der Waals surface area contributed by atoms with Crippen LogP contribution in [-0.2, 0) is 6.54 Å². The lowest BCUT2D eigenvalue weighted by Gasteiger charge is -2.11. The second-order valence-corrected chi connectivity index (χ2v) is 5.65. The van der Waals surface area contributed by atoms with Crippen molar-refractivity contribution in [2.75, 3.05) is 6.54 Å². The Morgan fingerprint density at radius 3 is 2.62 bits per heavy atom. The lowest BCUT2D eigenvalue weighted by molar-refractivity contribution is 0.477. The number of benzene rings is 2. The molecule has 2 aromatic rings. The lowest BCUT2D eigenvalue weighted by Crippen LogP contribution is -2.11. The molecular weight excluding hydrogens is 328 g/mol. The Morgan fingerprint density at radius 2 is 1.95 bits per heavy atom. The van der Waals surface area contributed by atoms with Crippen molar-refractivity contribution in [3.8, 4) is 17.6 Å². The van der Waals surface area contributed by atoms with E-state index in [0.29, 0.717) is 11.3 Å². The summed E-state index contributed by atoms with van der Waals surface area (Å²) in [6.07, 6.45) is 0. The standard InChI is InChI=1S/C17H17BrN2O/c1-3-20-11-13-4-6-17(14(9-13)10-19)21-16-7-5-15(18)8-12(16)2/h4-9,20H,3,11H2,1-2H3. The third kappa shape index (κ3) is 4.07. The van der Waals surface area contributed by atoms with Crippen molar-refractivity contribution in [2.45, 2.75) is 20.4 Å². The normalized spacial score (nSPS) is 10.2. The summed E-state index contributed by atoms with van der Waals surface area (Å²) in [5.74, 6) is 1.34. The molecule has 108 valence electrons. The molecule has 0 atom stereocenters. The van der Waals surface area contributed by atoms with Crippen LogP contribution in [0.25, 0.3) is 0 Å². The van der Waals surface area contributed by atoms with Crippen molar-refractivity contribution in [3.05, 3.63) is 57.6 Å². The molecule has 0 fully saturated rings. The van der Waals surface area contributed by atoms with E-state index in [9.17, 15) is 5.26 Å². The number of hydrogen-bond acceptors (Lipinski definition) is 3. The van der Waals surface area contributed by atoms with Gasteiger partial charge in [0, 0.05) is 11.0 Å². The van der Waals surface area contributed by atoms with Gasteiger partial charge < -0.3 is 10.1 Å². The van der Waals surface area contributed by atoms with Crippen molar-refractivity contribution in [1.82, 2.24) is 5.32 Å². The van der Waals surface area contributed by atoms with E-state index >= 15 is 0 Å². The molecule has 0 bridgehead atoms. The Morgan fingerprint density at radius 1 is 1.19 bits per heavy atom. The highest BCUT2D eigenvalue weighted by atomic mass is 79.9. The van der Waals surface area contributed by atoms with Crippen LogP contribution in [-0.4, -0.2) is 6.54 Å². The van der Waals surface area contributed by atoms with E-state index in [0.717, 1.165) is 34.4 Å².